The molecule has 0 unspecified atom stereocenters. The molecule has 0 saturated carbocycles. The fourth-order valence-electron chi connectivity index (χ4n) is 2.50. The van der Waals surface area contributed by atoms with Gasteiger partial charge < -0.3 is 5.73 Å². The predicted octanol–water partition coefficient (Wildman–Crippen LogP) is 2.61. The van der Waals surface area contributed by atoms with E-state index >= 15 is 0 Å². The van der Waals surface area contributed by atoms with E-state index in [1.54, 1.807) is 12.1 Å². The smallest absolute Gasteiger partial charge is 0.240 e. The van der Waals surface area contributed by atoms with Gasteiger partial charge in [-0.25, -0.2) is 13.1 Å². The first-order valence-electron chi connectivity index (χ1n) is 7.09. The average Bonchev–Trinajstić information content (AvgIpc) is 2.91. The van der Waals surface area contributed by atoms with Crippen LogP contribution in [0.1, 0.15) is 38.2 Å². The lowest BCUT2D eigenvalue weighted by atomic mass is 10.1. The third-order valence-electron chi connectivity index (χ3n) is 3.63. The molecular weight excluding hydrogens is 272 g/mol. The standard InChI is InChI=1S/C15H22N2O2S/c1-2-13-7-8-14(16)11-15(13)20(18,19)17-10-9-12-5-3-4-6-12/h5,7-8,11,17H,2-4,6,9-10,16H2,1H3. The highest BCUT2D eigenvalue weighted by Gasteiger charge is 2.18. The van der Waals surface area contributed by atoms with Crippen molar-refractivity contribution >= 4 is 15.7 Å². The van der Waals surface area contributed by atoms with Crippen LogP contribution in [0.4, 0.5) is 5.69 Å². The molecule has 0 spiro atoms. The number of rotatable bonds is 6. The predicted molar refractivity (Wildman–Crippen MR) is 82.0 cm³/mol. The summed E-state index contributed by atoms with van der Waals surface area (Å²) in [4.78, 5) is 0.306. The maximum atomic E-state index is 12.4. The maximum Gasteiger partial charge on any atom is 0.240 e. The molecule has 0 amide bonds. The van der Waals surface area contributed by atoms with Gasteiger partial charge in [0.05, 0.1) is 4.90 Å². The van der Waals surface area contributed by atoms with Crippen LogP contribution in [0.3, 0.4) is 0 Å². The molecule has 0 saturated heterocycles. The van der Waals surface area contributed by atoms with E-state index in [2.05, 4.69) is 10.8 Å². The van der Waals surface area contributed by atoms with Gasteiger partial charge in [0, 0.05) is 12.2 Å². The number of allylic oxidation sites excluding steroid dienone is 1. The fraction of sp³-hybridized carbons (Fsp3) is 0.467. The van der Waals surface area contributed by atoms with Gasteiger partial charge in [0.25, 0.3) is 0 Å². The summed E-state index contributed by atoms with van der Waals surface area (Å²) in [6, 6.07) is 5.06. The zero-order valence-electron chi connectivity index (χ0n) is 11.9. The lowest BCUT2D eigenvalue weighted by Crippen LogP contribution is -2.26. The number of nitrogens with two attached hydrogens (primary N) is 1. The van der Waals surface area contributed by atoms with Crippen molar-refractivity contribution in [3.63, 3.8) is 0 Å². The van der Waals surface area contributed by atoms with Gasteiger partial charge in [-0.1, -0.05) is 24.6 Å². The molecule has 0 aliphatic heterocycles. The van der Waals surface area contributed by atoms with Crippen LogP contribution in [0.25, 0.3) is 0 Å². The molecule has 0 atom stereocenters. The Morgan fingerprint density at radius 2 is 2.15 bits per heavy atom. The summed E-state index contributed by atoms with van der Waals surface area (Å²) in [5.41, 5.74) is 8.33. The second-order valence-corrected chi connectivity index (χ2v) is 6.86. The highest BCUT2D eigenvalue weighted by Crippen LogP contribution is 2.22. The Bertz CT molecular complexity index is 606. The second-order valence-electron chi connectivity index (χ2n) is 5.12. The third kappa shape index (κ3) is 3.61. The van der Waals surface area contributed by atoms with Crippen LogP contribution in [0.5, 0.6) is 0 Å². The van der Waals surface area contributed by atoms with Crippen molar-refractivity contribution in [2.75, 3.05) is 12.3 Å². The Balaban J connectivity index is 2.07. The van der Waals surface area contributed by atoms with Gasteiger partial charge in [-0.15, -0.1) is 0 Å². The van der Waals surface area contributed by atoms with Crippen molar-refractivity contribution in [2.45, 2.75) is 43.9 Å². The quantitative estimate of drug-likeness (QED) is 0.626. The largest absolute Gasteiger partial charge is 0.399 e. The van der Waals surface area contributed by atoms with Gasteiger partial charge in [-0.2, -0.15) is 0 Å². The van der Waals surface area contributed by atoms with Crippen LogP contribution in [-0.2, 0) is 16.4 Å². The average molecular weight is 294 g/mol. The minimum atomic E-state index is -3.47. The summed E-state index contributed by atoms with van der Waals surface area (Å²) in [7, 11) is -3.47. The lowest BCUT2D eigenvalue weighted by Gasteiger charge is -2.11. The van der Waals surface area contributed by atoms with E-state index in [0.29, 0.717) is 23.5 Å². The lowest BCUT2D eigenvalue weighted by molar-refractivity contribution is 0.580. The number of aryl methyl sites for hydroxylation is 1. The molecule has 3 N–H and O–H groups in total. The zero-order chi connectivity index (χ0) is 14.6. The number of hydrogen-bond donors (Lipinski definition) is 2. The summed E-state index contributed by atoms with van der Waals surface area (Å²) < 4.78 is 27.4. The van der Waals surface area contributed by atoms with E-state index in [0.717, 1.165) is 24.8 Å². The van der Waals surface area contributed by atoms with Gasteiger partial charge in [0.1, 0.15) is 0 Å². The molecule has 1 aliphatic rings. The highest BCUT2D eigenvalue weighted by atomic mass is 32.2. The molecule has 0 radical (unpaired) electrons. The molecule has 5 heteroatoms. The monoisotopic (exact) mass is 294 g/mol. The number of anilines is 1. The maximum absolute atomic E-state index is 12.4. The van der Waals surface area contributed by atoms with Gasteiger partial charge in [-0.05, 0) is 49.8 Å². The molecule has 0 heterocycles. The summed E-state index contributed by atoms with van der Waals surface area (Å²) in [6.45, 7) is 2.39. The SMILES string of the molecule is CCc1ccc(N)cc1S(=O)(=O)NCCC1=CCCC1. The molecule has 20 heavy (non-hydrogen) atoms. The number of hydrogen-bond acceptors (Lipinski definition) is 3. The topological polar surface area (TPSA) is 72.2 Å². The van der Waals surface area contributed by atoms with Crippen molar-refractivity contribution in [1.82, 2.24) is 4.72 Å². The van der Waals surface area contributed by atoms with E-state index in [9.17, 15) is 8.42 Å². The molecule has 1 aliphatic carbocycles. The minimum Gasteiger partial charge on any atom is -0.399 e. The molecular formula is C15H22N2O2S. The fourth-order valence-corrected chi connectivity index (χ4v) is 3.88. The molecule has 0 bridgehead atoms. The van der Waals surface area contributed by atoms with E-state index in [4.69, 9.17) is 5.73 Å². The first-order valence-corrected chi connectivity index (χ1v) is 8.57. The highest BCUT2D eigenvalue weighted by molar-refractivity contribution is 7.89. The summed E-state index contributed by atoms with van der Waals surface area (Å²) >= 11 is 0. The Kier molecular flexibility index (Phi) is 4.83. The van der Waals surface area contributed by atoms with Crippen molar-refractivity contribution in [1.29, 1.82) is 0 Å². The van der Waals surface area contributed by atoms with Crippen molar-refractivity contribution in [3.8, 4) is 0 Å². The van der Waals surface area contributed by atoms with Crippen molar-refractivity contribution in [2.24, 2.45) is 0 Å². The Hall–Kier alpha value is -1.33. The second kappa shape index (κ2) is 6.41. The summed E-state index contributed by atoms with van der Waals surface area (Å²) in [5, 5.41) is 0. The van der Waals surface area contributed by atoms with Crippen molar-refractivity contribution < 1.29 is 8.42 Å². The van der Waals surface area contributed by atoms with Crippen LogP contribution in [0, 0.1) is 0 Å². The van der Waals surface area contributed by atoms with Crippen LogP contribution in [-0.4, -0.2) is 15.0 Å². The van der Waals surface area contributed by atoms with Gasteiger partial charge in [-0.3, -0.25) is 0 Å². The molecule has 0 aromatic heterocycles. The molecule has 0 fully saturated rings. The first kappa shape index (κ1) is 15.1. The Morgan fingerprint density at radius 3 is 2.80 bits per heavy atom. The van der Waals surface area contributed by atoms with Gasteiger partial charge in [0.15, 0.2) is 0 Å². The number of nitrogens with one attached hydrogen (secondary N) is 1. The van der Waals surface area contributed by atoms with E-state index < -0.39 is 10.0 Å². The third-order valence-corrected chi connectivity index (χ3v) is 5.18. The van der Waals surface area contributed by atoms with Gasteiger partial charge in [0.2, 0.25) is 10.0 Å². The molecule has 1 aromatic carbocycles. The Morgan fingerprint density at radius 1 is 1.35 bits per heavy atom. The number of sulfonamides is 1. The van der Waals surface area contributed by atoms with E-state index in [-0.39, 0.29) is 0 Å². The van der Waals surface area contributed by atoms with Crippen molar-refractivity contribution in [3.05, 3.63) is 35.4 Å². The normalized spacial score (nSPS) is 15.3. The van der Waals surface area contributed by atoms with Crippen LogP contribution in [0.15, 0.2) is 34.7 Å². The van der Waals surface area contributed by atoms with E-state index in [1.165, 1.54) is 18.1 Å². The van der Waals surface area contributed by atoms with Gasteiger partial charge >= 0.3 is 0 Å². The minimum absolute atomic E-state index is 0.306. The zero-order valence-corrected chi connectivity index (χ0v) is 12.7. The van der Waals surface area contributed by atoms with Crippen LogP contribution >= 0.6 is 0 Å². The Labute approximate surface area is 121 Å². The molecule has 4 nitrogen and oxygen atoms in total. The molecule has 2 rings (SSSR count). The van der Waals surface area contributed by atoms with Crippen LogP contribution < -0.4 is 10.5 Å². The van der Waals surface area contributed by atoms with E-state index in [1.807, 2.05) is 6.92 Å². The number of nitrogen functional groups attached to an aromatic ring is 1. The molecule has 110 valence electrons. The summed E-state index contributed by atoms with van der Waals surface area (Å²) in [5.74, 6) is 0. The number of benzene rings is 1. The first-order chi connectivity index (χ1) is 9.53. The molecule has 1 aromatic rings. The van der Waals surface area contributed by atoms with Crippen LogP contribution in [0.2, 0.25) is 0 Å². The summed E-state index contributed by atoms with van der Waals surface area (Å²) in [6.07, 6.45) is 7.09.